The Morgan fingerprint density at radius 2 is 2.40 bits per heavy atom. The fourth-order valence-corrected chi connectivity index (χ4v) is 1.19. The lowest BCUT2D eigenvalue weighted by atomic mass is 10.1. The Bertz CT molecular complexity index is 308. The van der Waals surface area contributed by atoms with Gasteiger partial charge in [0.15, 0.2) is 0 Å². The molecule has 1 aromatic rings. The lowest BCUT2D eigenvalue weighted by Crippen LogP contribution is -2.32. The van der Waals surface area contributed by atoms with Gasteiger partial charge in [-0.05, 0) is 19.1 Å². The first-order chi connectivity index (χ1) is 7.15. The second kappa shape index (κ2) is 5.41. The van der Waals surface area contributed by atoms with Gasteiger partial charge in [0.25, 0.3) is 0 Å². The summed E-state index contributed by atoms with van der Waals surface area (Å²) in [7, 11) is 0. The van der Waals surface area contributed by atoms with Gasteiger partial charge in [0.1, 0.15) is 11.6 Å². The van der Waals surface area contributed by atoms with Gasteiger partial charge in [0.05, 0.1) is 12.3 Å². The van der Waals surface area contributed by atoms with E-state index in [1.807, 2.05) is 26.0 Å². The number of rotatable bonds is 5. The van der Waals surface area contributed by atoms with Crippen LogP contribution in [0.5, 0.6) is 0 Å². The van der Waals surface area contributed by atoms with Gasteiger partial charge in [0.2, 0.25) is 0 Å². The van der Waals surface area contributed by atoms with Crippen LogP contribution in [0.3, 0.4) is 0 Å². The third-order valence-electron chi connectivity index (χ3n) is 2.32. The smallest absolute Gasteiger partial charge is 0.143 e. The Morgan fingerprint density at radius 3 is 2.93 bits per heavy atom. The van der Waals surface area contributed by atoms with Gasteiger partial charge in [-0.25, -0.2) is 0 Å². The maximum Gasteiger partial charge on any atom is 0.143 e. The molecular formula is C10H17N3O2. The molecule has 0 bridgehead atoms. The van der Waals surface area contributed by atoms with Crippen molar-refractivity contribution in [3.8, 4) is 0 Å². The minimum atomic E-state index is -0.00703. The number of nitrogens with one attached hydrogen (secondary N) is 1. The zero-order valence-corrected chi connectivity index (χ0v) is 8.97. The van der Waals surface area contributed by atoms with Crippen LogP contribution >= 0.6 is 0 Å². The Hall–Kier alpha value is -1.49. The molecule has 2 unspecified atom stereocenters. The summed E-state index contributed by atoms with van der Waals surface area (Å²) >= 11 is 0. The van der Waals surface area contributed by atoms with Crippen LogP contribution in [0.1, 0.15) is 25.6 Å². The van der Waals surface area contributed by atoms with Crippen molar-refractivity contribution in [1.82, 2.24) is 5.32 Å². The summed E-state index contributed by atoms with van der Waals surface area (Å²) in [5.74, 6) is 1.10. The average molecular weight is 211 g/mol. The second-order valence-corrected chi connectivity index (χ2v) is 3.57. The van der Waals surface area contributed by atoms with Gasteiger partial charge >= 0.3 is 0 Å². The van der Waals surface area contributed by atoms with E-state index in [0.29, 0.717) is 6.54 Å². The molecular weight excluding hydrogens is 194 g/mol. The Morgan fingerprint density at radius 1 is 1.67 bits per heavy atom. The molecule has 0 amide bonds. The van der Waals surface area contributed by atoms with Gasteiger partial charge in [-0.2, -0.15) is 0 Å². The van der Waals surface area contributed by atoms with Crippen LogP contribution in [-0.4, -0.2) is 17.6 Å². The van der Waals surface area contributed by atoms with Crippen molar-refractivity contribution in [2.75, 3.05) is 6.54 Å². The van der Waals surface area contributed by atoms with Gasteiger partial charge in [-0.3, -0.25) is 0 Å². The number of nitrogens with zero attached hydrogens (tertiary/aromatic N) is 1. The number of nitrogens with two attached hydrogens (primary N) is 1. The molecule has 0 radical (unpaired) electrons. The van der Waals surface area contributed by atoms with Crippen LogP contribution in [0.15, 0.2) is 28.0 Å². The minimum Gasteiger partial charge on any atom is -0.468 e. The van der Waals surface area contributed by atoms with Gasteiger partial charge in [-0.15, -0.1) is 0 Å². The predicted octanol–water partition coefficient (Wildman–Crippen LogP) is 1.31. The number of oxime groups is 1. The standard InChI is InChI=1S/C10H17N3O2/c1-7(10(11)13-14)6-12-8(2)9-4-3-5-15-9/h3-5,7-8,12,14H,6H2,1-2H3,(H2,11,13). The van der Waals surface area contributed by atoms with Crippen LogP contribution in [-0.2, 0) is 0 Å². The molecule has 0 fully saturated rings. The van der Waals surface area contributed by atoms with Crippen molar-refractivity contribution >= 4 is 5.84 Å². The SMILES string of the molecule is CC(CNC(C)c1ccco1)C(N)=NO. The van der Waals surface area contributed by atoms with Crippen molar-refractivity contribution in [2.24, 2.45) is 16.8 Å². The molecule has 0 saturated heterocycles. The van der Waals surface area contributed by atoms with Gasteiger partial charge in [0, 0.05) is 12.5 Å². The molecule has 15 heavy (non-hydrogen) atoms. The third kappa shape index (κ3) is 3.28. The first-order valence-electron chi connectivity index (χ1n) is 4.89. The summed E-state index contributed by atoms with van der Waals surface area (Å²) in [5.41, 5.74) is 5.46. The normalized spacial score (nSPS) is 16.3. The quantitative estimate of drug-likeness (QED) is 0.297. The van der Waals surface area contributed by atoms with E-state index in [9.17, 15) is 0 Å². The molecule has 0 spiro atoms. The molecule has 4 N–H and O–H groups in total. The zero-order valence-electron chi connectivity index (χ0n) is 8.97. The maximum atomic E-state index is 8.47. The van der Waals surface area contributed by atoms with Gasteiger partial charge in [-0.1, -0.05) is 12.1 Å². The first kappa shape index (κ1) is 11.6. The molecule has 0 saturated carbocycles. The number of hydrogen-bond donors (Lipinski definition) is 3. The van der Waals surface area contributed by atoms with Crippen LogP contribution in [0.4, 0.5) is 0 Å². The highest BCUT2D eigenvalue weighted by molar-refractivity contribution is 5.82. The Labute approximate surface area is 88.9 Å². The first-order valence-corrected chi connectivity index (χ1v) is 4.89. The molecule has 1 aromatic heterocycles. The molecule has 0 aliphatic heterocycles. The summed E-state index contributed by atoms with van der Waals surface area (Å²) in [6.07, 6.45) is 1.64. The highest BCUT2D eigenvalue weighted by atomic mass is 16.4. The molecule has 1 rings (SSSR count). The average Bonchev–Trinajstić information content (AvgIpc) is 2.77. The Kier molecular flexibility index (Phi) is 4.17. The molecule has 5 heteroatoms. The van der Waals surface area contributed by atoms with E-state index in [1.54, 1.807) is 6.26 Å². The largest absolute Gasteiger partial charge is 0.468 e. The fourth-order valence-electron chi connectivity index (χ4n) is 1.19. The molecule has 0 aliphatic rings. The van der Waals surface area contributed by atoms with Crippen LogP contribution in [0.25, 0.3) is 0 Å². The number of amidine groups is 1. The van der Waals surface area contributed by atoms with Crippen LogP contribution in [0.2, 0.25) is 0 Å². The molecule has 0 aliphatic carbocycles. The molecule has 1 heterocycles. The topological polar surface area (TPSA) is 83.8 Å². The number of furan rings is 1. The van der Waals surface area contributed by atoms with Crippen molar-refractivity contribution in [1.29, 1.82) is 0 Å². The second-order valence-electron chi connectivity index (χ2n) is 3.57. The Balaban J connectivity index is 2.38. The van der Waals surface area contributed by atoms with E-state index in [2.05, 4.69) is 10.5 Å². The van der Waals surface area contributed by atoms with Crippen molar-refractivity contribution in [3.05, 3.63) is 24.2 Å². The van der Waals surface area contributed by atoms with Crippen molar-refractivity contribution in [2.45, 2.75) is 19.9 Å². The lowest BCUT2D eigenvalue weighted by molar-refractivity contribution is 0.313. The lowest BCUT2D eigenvalue weighted by Gasteiger charge is -2.15. The highest BCUT2D eigenvalue weighted by Gasteiger charge is 2.11. The van der Waals surface area contributed by atoms with E-state index in [0.717, 1.165) is 5.76 Å². The van der Waals surface area contributed by atoms with E-state index in [4.69, 9.17) is 15.4 Å². The summed E-state index contributed by atoms with van der Waals surface area (Å²) < 4.78 is 5.24. The monoisotopic (exact) mass is 211 g/mol. The summed E-state index contributed by atoms with van der Waals surface area (Å²) in [5, 5.41) is 14.7. The van der Waals surface area contributed by atoms with E-state index >= 15 is 0 Å². The summed E-state index contributed by atoms with van der Waals surface area (Å²) in [6.45, 7) is 4.52. The maximum absolute atomic E-state index is 8.47. The summed E-state index contributed by atoms with van der Waals surface area (Å²) in [6, 6.07) is 3.88. The number of hydrogen-bond acceptors (Lipinski definition) is 4. The van der Waals surface area contributed by atoms with Crippen molar-refractivity contribution in [3.63, 3.8) is 0 Å². The van der Waals surface area contributed by atoms with Crippen LogP contribution < -0.4 is 11.1 Å². The third-order valence-corrected chi connectivity index (χ3v) is 2.32. The summed E-state index contributed by atoms with van der Waals surface area (Å²) in [4.78, 5) is 0. The highest BCUT2D eigenvalue weighted by Crippen LogP contribution is 2.12. The molecule has 0 aromatic carbocycles. The van der Waals surface area contributed by atoms with E-state index in [1.165, 1.54) is 0 Å². The van der Waals surface area contributed by atoms with Gasteiger partial charge < -0.3 is 20.7 Å². The van der Waals surface area contributed by atoms with Crippen LogP contribution in [0, 0.1) is 5.92 Å². The fraction of sp³-hybridized carbons (Fsp3) is 0.500. The molecule has 2 atom stereocenters. The zero-order chi connectivity index (χ0) is 11.3. The predicted molar refractivity (Wildman–Crippen MR) is 57.7 cm³/mol. The molecule has 84 valence electrons. The minimum absolute atomic E-state index is 0.00703. The van der Waals surface area contributed by atoms with Crippen molar-refractivity contribution < 1.29 is 9.62 Å². The van der Waals surface area contributed by atoms with E-state index in [-0.39, 0.29) is 17.8 Å². The van der Waals surface area contributed by atoms with E-state index < -0.39 is 0 Å². The molecule has 5 nitrogen and oxygen atoms in total.